The highest BCUT2D eigenvalue weighted by Gasteiger charge is 2.29. The average molecular weight is 1450 g/mol. The fourth-order valence-corrected chi connectivity index (χ4v) is 13.6. The summed E-state index contributed by atoms with van der Waals surface area (Å²) >= 11 is 0. The van der Waals surface area contributed by atoms with Gasteiger partial charge in [0.25, 0.3) is 0 Å². The number of nitriles is 3. The molecule has 0 bridgehead atoms. The maximum atomic E-state index is 13.6. The molecule has 0 saturated carbocycles. The molecule has 9 aromatic rings. The van der Waals surface area contributed by atoms with Gasteiger partial charge in [-0.05, 0) is 112 Å². The summed E-state index contributed by atoms with van der Waals surface area (Å²) in [5.41, 5.74) is 10.7. The Hall–Kier alpha value is -11.0. The molecule has 15 heterocycles. The van der Waals surface area contributed by atoms with Crippen LogP contribution < -0.4 is 30.7 Å². The molecular formula is C77H88F3N27. The molecule has 0 aromatic carbocycles. The van der Waals surface area contributed by atoms with Gasteiger partial charge >= 0.3 is 0 Å². The van der Waals surface area contributed by atoms with Crippen molar-refractivity contribution in [3.8, 4) is 52.0 Å². The summed E-state index contributed by atoms with van der Waals surface area (Å²) in [5, 5.41) is 38.5. The summed E-state index contributed by atoms with van der Waals surface area (Å²) in [4.78, 5) is 74.0. The number of likely N-dealkylation sites (N-methyl/N-ethyl adjacent to an activating group) is 3. The number of pyridine rings is 6. The second kappa shape index (κ2) is 35.8. The molecule has 30 heteroatoms. The van der Waals surface area contributed by atoms with Gasteiger partial charge in [0.05, 0.1) is 106 Å². The first kappa shape index (κ1) is 74.2. The van der Waals surface area contributed by atoms with E-state index in [2.05, 4.69) is 144 Å². The molecule has 0 aliphatic carbocycles. The first-order valence-corrected chi connectivity index (χ1v) is 36.6. The van der Waals surface area contributed by atoms with E-state index >= 15 is 0 Å². The zero-order valence-corrected chi connectivity index (χ0v) is 60.6. The van der Waals surface area contributed by atoms with Crippen LogP contribution in [0.3, 0.4) is 0 Å². The minimum atomic E-state index is -0.881. The van der Waals surface area contributed by atoms with Crippen LogP contribution >= 0.6 is 0 Å². The summed E-state index contributed by atoms with van der Waals surface area (Å²) in [6.07, 6.45) is 14.1. The highest BCUT2D eigenvalue weighted by molar-refractivity contribution is 5.70. The minimum Gasteiger partial charge on any atom is -0.352 e. The van der Waals surface area contributed by atoms with Crippen LogP contribution in [0.15, 0.2) is 129 Å². The van der Waals surface area contributed by atoms with Crippen molar-refractivity contribution < 1.29 is 13.2 Å². The van der Waals surface area contributed by atoms with Gasteiger partial charge in [-0.2, -0.15) is 15.8 Å². The van der Waals surface area contributed by atoms with E-state index in [1.807, 2.05) is 51.1 Å². The monoisotopic (exact) mass is 1450 g/mol. The lowest BCUT2D eigenvalue weighted by atomic mass is 10.1. The predicted molar refractivity (Wildman–Crippen MR) is 405 cm³/mol. The Morgan fingerprint density at radius 3 is 0.935 bits per heavy atom. The van der Waals surface area contributed by atoms with Gasteiger partial charge in [-0.15, -0.1) is 0 Å². The third-order valence-electron chi connectivity index (χ3n) is 19.9. The van der Waals surface area contributed by atoms with Gasteiger partial charge in [0, 0.05) is 172 Å². The molecule has 15 rings (SSSR count). The van der Waals surface area contributed by atoms with Crippen molar-refractivity contribution in [1.29, 1.82) is 15.8 Å². The highest BCUT2D eigenvalue weighted by Crippen LogP contribution is 2.32. The molecule has 0 spiro atoms. The Kier molecular flexibility index (Phi) is 24.9. The number of alkyl halides is 3. The normalized spacial score (nSPS) is 18.9. The lowest BCUT2D eigenvalue weighted by Crippen LogP contribution is -2.45. The van der Waals surface area contributed by atoms with Gasteiger partial charge in [0.2, 0.25) is 17.8 Å². The molecule has 6 aliphatic rings. The molecule has 0 amide bonds. The van der Waals surface area contributed by atoms with E-state index in [-0.39, 0.29) is 19.6 Å². The standard InChI is InChI=1S/2C26H30FN9.C25H28FN9/c2*1-2-34-9-11-35(12-10-34)18-23-4-3-22(16-30-23)32-26-29-7-5-24(33-26)20-13-19(14-28)25(31-15-20)36-8-6-21(27)17-36;1-33-8-10-34(11-9-33)17-22-3-2-21(15-29-22)31-25-28-6-4-23(32-25)19-12-18(13-27)24(30-14-19)35-7-5-20(26)16-35/h2*3-5,7,13,15-16,21H,2,6,8-12,17-18H2,1H3,(H,29,32,33);2-4,6,12,14-15,20H,5,7-11,16-17H2,1H3,(H,28,31,32)/t2*21-;20-/m100/s1. The molecule has 0 unspecified atom stereocenters. The second-order valence-corrected chi connectivity index (χ2v) is 27.4. The van der Waals surface area contributed by atoms with Crippen LogP contribution in [0.5, 0.6) is 0 Å². The Balaban J connectivity index is 0.000000142. The van der Waals surface area contributed by atoms with Gasteiger partial charge in [-0.25, -0.2) is 58.0 Å². The van der Waals surface area contributed by atoms with Crippen LogP contribution in [0.1, 0.15) is 66.9 Å². The topological polar surface area (TPSA) is 291 Å². The minimum absolute atomic E-state index is 0.269. The maximum Gasteiger partial charge on any atom is 0.227 e. The lowest BCUT2D eigenvalue weighted by molar-refractivity contribution is 0.131. The summed E-state index contributed by atoms with van der Waals surface area (Å²) in [7, 11) is 2.15. The molecule has 6 aliphatic heterocycles. The number of anilines is 9. The number of halogens is 3. The van der Waals surface area contributed by atoms with Crippen molar-refractivity contribution in [2.75, 3.05) is 169 Å². The van der Waals surface area contributed by atoms with Crippen LogP contribution in [0, 0.1) is 34.0 Å². The molecule has 0 radical (unpaired) electrons. The summed E-state index contributed by atoms with van der Waals surface area (Å²) < 4.78 is 40.9. The van der Waals surface area contributed by atoms with E-state index in [1.165, 1.54) is 0 Å². The molecule has 107 heavy (non-hydrogen) atoms. The van der Waals surface area contributed by atoms with E-state index < -0.39 is 18.5 Å². The van der Waals surface area contributed by atoms with Crippen molar-refractivity contribution >= 4 is 52.4 Å². The molecular weight excluding hydrogens is 1360 g/mol. The van der Waals surface area contributed by atoms with Gasteiger partial charge in [-0.1, -0.05) is 13.8 Å². The van der Waals surface area contributed by atoms with Crippen molar-refractivity contribution in [2.45, 2.75) is 71.3 Å². The fourth-order valence-electron chi connectivity index (χ4n) is 13.6. The smallest absolute Gasteiger partial charge is 0.227 e. The first-order valence-electron chi connectivity index (χ1n) is 36.6. The van der Waals surface area contributed by atoms with Crippen LogP contribution in [-0.4, -0.2) is 246 Å². The van der Waals surface area contributed by atoms with E-state index in [4.69, 9.17) is 0 Å². The Labute approximate surface area is 621 Å². The van der Waals surface area contributed by atoms with E-state index in [9.17, 15) is 29.0 Å². The molecule has 6 fully saturated rings. The third-order valence-corrected chi connectivity index (χ3v) is 19.9. The zero-order chi connectivity index (χ0) is 74.0. The largest absolute Gasteiger partial charge is 0.352 e. The van der Waals surface area contributed by atoms with Crippen molar-refractivity contribution in [1.82, 2.24) is 89.2 Å². The Morgan fingerprint density at radius 2 is 0.673 bits per heavy atom. The van der Waals surface area contributed by atoms with Crippen molar-refractivity contribution in [3.05, 3.63) is 162 Å². The average Bonchev–Trinajstić information content (AvgIpc) is 1.82. The summed E-state index contributed by atoms with van der Waals surface area (Å²) in [6, 6.07) is 29.2. The van der Waals surface area contributed by atoms with Crippen molar-refractivity contribution in [2.24, 2.45) is 0 Å². The number of rotatable bonds is 20. The first-order chi connectivity index (χ1) is 52.3. The van der Waals surface area contributed by atoms with Crippen molar-refractivity contribution in [3.63, 3.8) is 0 Å². The van der Waals surface area contributed by atoms with Crippen LogP contribution in [0.25, 0.3) is 33.8 Å². The number of piperazine rings is 3. The molecule has 6 saturated heterocycles. The Bertz CT molecular complexity index is 4360. The zero-order valence-electron chi connectivity index (χ0n) is 60.6. The van der Waals surface area contributed by atoms with E-state index in [1.54, 1.807) is 92.2 Å². The van der Waals surface area contributed by atoms with Crippen LogP contribution in [-0.2, 0) is 19.6 Å². The Morgan fingerprint density at radius 1 is 0.374 bits per heavy atom. The van der Waals surface area contributed by atoms with E-state index in [0.29, 0.717) is 125 Å². The van der Waals surface area contributed by atoms with Gasteiger partial charge in [0.15, 0.2) is 0 Å². The molecule has 3 N–H and O–H groups in total. The number of hydrogen-bond donors (Lipinski definition) is 3. The third kappa shape index (κ3) is 19.9. The van der Waals surface area contributed by atoms with Gasteiger partial charge in [-0.3, -0.25) is 29.7 Å². The number of nitrogens with zero attached hydrogens (tertiary/aromatic N) is 24. The van der Waals surface area contributed by atoms with Gasteiger partial charge in [0.1, 0.15) is 54.2 Å². The molecule has 3 atom stereocenters. The van der Waals surface area contributed by atoms with Crippen LogP contribution in [0.2, 0.25) is 0 Å². The fraction of sp³-hybridized carbons (Fsp3) is 0.416. The SMILES string of the molecule is CCN1CCN(Cc2ccc(Nc3nccc(-c4cnc(N5CC[C@@H](F)C5)c(C#N)c4)n3)cn2)CC1.CCN1CCN(Cc2ccc(Nc3nccc(-c4cnc(N5CC[C@H](F)C5)c(C#N)c4)n3)cn2)CC1.CN1CCN(Cc2ccc(Nc3nccc(-c4cnc(N5CC[C@H](F)C5)c(C#N)c4)n3)cn2)CC1. The lowest BCUT2D eigenvalue weighted by Gasteiger charge is -2.33. The maximum absolute atomic E-state index is 13.6. The molecule has 552 valence electrons. The highest BCUT2D eigenvalue weighted by atomic mass is 19.1. The second-order valence-electron chi connectivity index (χ2n) is 27.4. The molecule has 27 nitrogen and oxygen atoms in total. The van der Waals surface area contributed by atoms with Gasteiger partial charge < -0.3 is 45.3 Å². The summed E-state index contributed by atoms with van der Waals surface area (Å²) in [6.45, 7) is 24.6. The van der Waals surface area contributed by atoms with Crippen LogP contribution in [0.4, 0.5) is 65.5 Å². The quantitative estimate of drug-likeness (QED) is 0.0640. The predicted octanol–water partition coefficient (Wildman–Crippen LogP) is 9.31. The number of hydrogen-bond acceptors (Lipinski definition) is 27. The number of nitrogens with one attached hydrogen (secondary N) is 3. The molecule has 9 aromatic heterocycles. The van der Waals surface area contributed by atoms with E-state index in [0.717, 1.165) is 145 Å². The summed E-state index contributed by atoms with van der Waals surface area (Å²) in [5.74, 6) is 2.85. The number of aromatic nitrogens is 12.